The van der Waals surface area contributed by atoms with Crippen molar-refractivity contribution in [3.8, 4) is 0 Å². The number of thioether (sulfide) groups is 1. The first-order valence-electron chi connectivity index (χ1n) is 8.14. The number of hydrogen-bond acceptors (Lipinski definition) is 6. The van der Waals surface area contributed by atoms with Gasteiger partial charge in [0.15, 0.2) is 16.8 Å². The molecule has 1 atom stereocenters. The van der Waals surface area contributed by atoms with Gasteiger partial charge in [-0.3, -0.25) is 9.79 Å². The Morgan fingerprint density at radius 1 is 1.39 bits per heavy atom. The molecule has 0 radical (unpaired) electrons. The van der Waals surface area contributed by atoms with Gasteiger partial charge in [0.25, 0.3) is 5.91 Å². The SMILES string of the molecule is Cc1nc(C(=O)Nc2ccc(F)c([C@]3(C)CCSC(N)=N3)c2)c(C(F)(F)F)o1. The van der Waals surface area contributed by atoms with Gasteiger partial charge < -0.3 is 15.5 Å². The number of nitrogens with zero attached hydrogens (tertiary/aromatic N) is 2. The predicted octanol–water partition coefficient (Wildman–Crippen LogP) is 4.06. The number of aliphatic imine (C=N–C) groups is 1. The minimum atomic E-state index is -4.87. The third-order valence-electron chi connectivity index (χ3n) is 4.21. The van der Waals surface area contributed by atoms with E-state index in [1.807, 2.05) is 0 Å². The summed E-state index contributed by atoms with van der Waals surface area (Å²) in [5.74, 6) is -2.83. The van der Waals surface area contributed by atoms with Crippen molar-refractivity contribution in [2.75, 3.05) is 11.1 Å². The number of nitrogens with one attached hydrogen (secondary N) is 1. The summed E-state index contributed by atoms with van der Waals surface area (Å²) >= 11 is 1.35. The molecule has 2 heterocycles. The number of anilines is 1. The highest BCUT2D eigenvalue weighted by atomic mass is 32.2. The summed E-state index contributed by atoms with van der Waals surface area (Å²) < 4.78 is 58.0. The van der Waals surface area contributed by atoms with Gasteiger partial charge in [-0.2, -0.15) is 13.2 Å². The molecule has 1 amide bonds. The van der Waals surface area contributed by atoms with Crippen molar-refractivity contribution in [2.24, 2.45) is 10.7 Å². The van der Waals surface area contributed by atoms with E-state index in [1.165, 1.54) is 30.8 Å². The van der Waals surface area contributed by atoms with Gasteiger partial charge in [-0.05, 0) is 31.5 Å². The van der Waals surface area contributed by atoms with Crippen molar-refractivity contribution in [2.45, 2.75) is 32.0 Å². The van der Waals surface area contributed by atoms with Gasteiger partial charge in [-0.15, -0.1) is 0 Å². The molecule has 3 rings (SSSR count). The quantitative estimate of drug-likeness (QED) is 0.736. The van der Waals surface area contributed by atoms with Crippen LogP contribution in [0.1, 0.15) is 41.0 Å². The number of amidine groups is 1. The minimum Gasteiger partial charge on any atom is -0.436 e. The van der Waals surface area contributed by atoms with Crippen molar-refractivity contribution < 1.29 is 26.8 Å². The van der Waals surface area contributed by atoms with Crippen molar-refractivity contribution in [1.82, 2.24) is 4.98 Å². The number of alkyl halides is 3. The van der Waals surface area contributed by atoms with Crippen LogP contribution in [-0.2, 0) is 11.7 Å². The molecule has 0 spiro atoms. The molecule has 0 unspecified atom stereocenters. The molecule has 3 N–H and O–H groups in total. The summed E-state index contributed by atoms with van der Waals surface area (Å²) in [6, 6.07) is 3.69. The molecule has 2 aromatic rings. The van der Waals surface area contributed by atoms with E-state index in [-0.39, 0.29) is 17.1 Å². The lowest BCUT2D eigenvalue weighted by Gasteiger charge is -2.30. The average Bonchev–Trinajstić information content (AvgIpc) is 2.98. The Morgan fingerprint density at radius 3 is 2.75 bits per heavy atom. The van der Waals surface area contributed by atoms with Crippen LogP contribution in [0.5, 0.6) is 0 Å². The van der Waals surface area contributed by atoms with Gasteiger partial charge in [0.1, 0.15) is 5.82 Å². The zero-order valence-corrected chi connectivity index (χ0v) is 15.7. The largest absolute Gasteiger partial charge is 0.452 e. The second-order valence-corrected chi connectivity index (χ2v) is 7.49. The number of rotatable bonds is 3. The standard InChI is InChI=1S/C17H16F4N4O2S/c1-8-23-12(13(27-8)17(19,20)21)14(26)24-9-3-4-11(18)10(7-9)16(2)5-6-28-15(22)25-16/h3-4,7H,5-6H2,1-2H3,(H2,22,25)(H,24,26)/t16-/m0/s1. The van der Waals surface area contributed by atoms with Crippen molar-refractivity contribution in [3.05, 3.63) is 46.9 Å². The number of amides is 1. The monoisotopic (exact) mass is 416 g/mol. The second kappa shape index (κ2) is 7.12. The summed E-state index contributed by atoms with van der Waals surface area (Å²) in [6.07, 6.45) is -4.37. The number of carbonyl (C=O) groups is 1. The highest BCUT2D eigenvalue weighted by Crippen LogP contribution is 2.38. The number of aromatic nitrogens is 1. The van der Waals surface area contributed by atoms with Crippen LogP contribution in [0, 0.1) is 12.7 Å². The number of hydrogen-bond donors (Lipinski definition) is 2. The summed E-state index contributed by atoms with van der Waals surface area (Å²) in [4.78, 5) is 20.1. The van der Waals surface area contributed by atoms with Gasteiger partial charge in [0.05, 0.1) is 5.54 Å². The molecule has 1 aromatic carbocycles. The van der Waals surface area contributed by atoms with E-state index in [9.17, 15) is 22.4 Å². The van der Waals surface area contributed by atoms with Crippen LogP contribution in [0.2, 0.25) is 0 Å². The normalized spacial score (nSPS) is 20.0. The molecule has 0 aliphatic carbocycles. The van der Waals surface area contributed by atoms with E-state index in [4.69, 9.17) is 5.73 Å². The van der Waals surface area contributed by atoms with E-state index < -0.39 is 34.9 Å². The Balaban J connectivity index is 1.93. The van der Waals surface area contributed by atoms with Crippen molar-refractivity contribution in [1.29, 1.82) is 0 Å². The lowest BCUT2D eigenvalue weighted by Crippen LogP contribution is -2.30. The van der Waals surface area contributed by atoms with Gasteiger partial charge >= 0.3 is 6.18 Å². The highest BCUT2D eigenvalue weighted by molar-refractivity contribution is 8.13. The zero-order chi connectivity index (χ0) is 20.7. The maximum Gasteiger partial charge on any atom is 0.452 e. The molecule has 6 nitrogen and oxygen atoms in total. The number of oxazole rings is 1. The van der Waals surface area contributed by atoms with Crippen LogP contribution in [0.25, 0.3) is 0 Å². The molecule has 1 aromatic heterocycles. The van der Waals surface area contributed by atoms with E-state index in [0.717, 1.165) is 6.07 Å². The Hall–Kier alpha value is -2.56. The van der Waals surface area contributed by atoms with Gasteiger partial charge in [0.2, 0.25) is 5.76 Å². The van der Waals surface area contributed by atoms with Crippen LogP contribution < -0.4 is 11.1 Å². The molecule has 0 saturated heterocycles. The first-order valence-corrected chi connectivity index (χ1v) is 9.12. The first-order chi connectivity index (χ1) is 13.0. The Bertz CT molecular complexity index is 957. The predicted molar refractivity (Wildman–Crippen MR) is 96.6 cm³/mol. The molecule has 150 valence electrons. The van der Waals surface area contributed by atoms with Crippen LogP contribution in [0.4, 0.5) is 23.2 Å². The number of aryl methyl sites for hydroxylation is 1. The second-order valence-electron chi connectivity index (χ2n) is 6.38. The molecule has 0 fully saturated rings. The van der Waals surface area contributed by atoms with Crippen LogP contribution in [-0.4, -0.2) is 21.8 Å². The first kappa shape index (κ1) is 20.2. The Labute approximate surface area is 161 Å². The number of nitrogens with two attached hydrogens (primary N) is 1. The summed E-state index contributed by atoms with van der Waals surface area (Å²) in [7, 11) is 0. The lowest BCUT2D eigenvalue weighted by molar-refractivity contribution is -0.153. The fraction of sp³-hybridized carbons (Fsp3) is 0.353. The lowest BCUT2D eigenvalue weighted by atomic mass is 9.89. The van der Waals surface area contributed by atoms with Gasteiger partial charge in [0, 0.05) is 23.9 Å². The topological polar surface area (TPSA) is 93.5 Å². The fourth-order valence-electron chi connectivity index (χ4n) is 2.86. The molecule has 0 saturated carbocycles. The van der Waals surface area contributed by atoms with Crippen LogP contribution >= 0.6 is 11.8 Å². The Kier molecular flexibility index (Phi) is 5.13. The van der Waals surface area contributed by atoms with Gasteiger partial charge in [-0.25, -0.2) is 9.37 Å². The summed E-state index contributed by atoms with van der Waals surface area (Å²) in [6.45, 7) is 2.90. The van der Waals surface area contributed by atoms with E-state index in [1.54, 1.807) is 6.92 Å². The smallest absolute Gasteiger partial charge is 0.436 e. The molecule has 28 heavy (non-hydrogen) atoms. The average molecular weight is 416 g/mol. The van der Waals surface area contributed by atoms with Crippen LogP contribution in [0.3, 0.4) is 0 Å². The minimum absolute atomic E-state index is 0.100. The number of carbonyl (C=O) groups excluding carboxylic acids is 1. The van der Waals surface area contributed by atoms with Gasteiger partial charge in [-0.1, -0.05) is 11.8 Å². The third-order valence-corrected chi connectivity index (χ3v) is 5.00. The molecular weight excluding hydrogens is 400 g/mol. The maximum atomic E-state index is 14.4. The maximum absolute atomic E-state index is 14.4. The molecule has 11 heteroatoms. The van der Waals surface area contributed by atoms with E-state index >= 15 is 0 Å². The van der Waals surface area contributed by atoms with Crippen molar-refractivity contribution >= 4 is 28.5 Å². The Morgan fingerprint density at radius 2 is 2.11 bits per heavy atom. The van der Waals surface area contributed by atoms with Crippen LogP contribution in [0.15, 0.2) is 27.6 Å². The third kappa shape index (κ3) is 3.98. The van der Waals surface area contributed by atoms with E-state index in [2.05, 4.69) is 19.7 Å². The van der Waals surface area contributed by atoms with E-state index in [0.29, 0.717) is 17.3 Å². The van der Waals surface area contributed by atoms with Crippen molar-refractivity contribution in [3.63, 3.8) is 0 Å². The summed E-state index contributed by atoms with van der Waals surface area (Å²) in [5.41, 5.74) is 4.20. The number of benzene rings is 1. The highest BCUT2D eigenvalue weighted by Gasteiger charge is 2.41. The zero-order valence-electron chi connectivity index (χ0n) is 14.9. The number of halogens is 4. The molecule has 0 bridgehead atoms. The fourth-order valence-corrected chi connectivity index (χ4v) is 3.83. The molecular formula is C17H16F4N4O2S. The molecule has 1 aliphatic rings. The summed E-state index contributed by atoms with van der Waals surface area (Å²) in [5, 5.41) is 2.62. The molecule has 1 aliphatic heterocycles.